The molecule has 0 spiro atoms. The van der Waals surface area contributed by atoms with E-state index in [4.69, 9.17) is 11.6 Å². The van der Waals surface area contributed by atoms with Crippen molar-refractivity contribution in [1.29, 1.82) is 0 Å². The van der Waals surface area contributed by atoms with E-state index in [1.54, 1.807) is 23.5 Å². The Morgan fingerprint density at radius 2 is 2.06 bits per heavy atom. The maximum absolute atomic E-state index is 13.4. The number of benzene rings is 1. The summed E-state index contributed by atoms with van der Waals surface area (Å²) in [5, 5.41) is 3.74. The highest BCUT2D eigenvalue weighted by molar-refractivity contribution is 6.30. The molecule has 0 radical (unpaired) electrons. The van der Waals surface area contributed by atoms with Crippen LogP contribution in [0.1, 0.15) is 38.7 Å². The molecule has 9 heteroatoms. The van der Waals surface area contributed by atoms with Crippen LogP contribution in [0.15, 0.2) is 67.6 Å². The molecule has 2 amide bonds. The van der Waals surface area contributed by atoms with Gasteiger partial charge in [-0.25, -0.2) is 9.97 Å². The number of carbonyl (C=O) groups is 2. The first-order valence-electron chi connectivity index (χ1n) is 10.3. The summed E-state index contributed by atoms with van der Waals surface area (Å²) in [6.07, 6.45) is 8.86. The van der Waals surface area contributed by atoms with Crippen LogP contribution in [0.5, 0.6) is 0 Å². The van der Waals surface area contributed by atoms with Crippen LogP contribution in [0.4, 0.5) is 0 Å². The topological polar surface area (TPSA) is 95.4 Å². The monoisotopic (exact) mass is 448 g/mol. The van der Waals surface area contributed by atoms with Crippen LogP contribution < -0.4 is 5.32 Å². The molecule has 32 heavy (non-hydrogen) atoms. The molecule has 1 aliphatic heterocycles. The Balaban J connectivity index is 1.43. The first kappa shape index (κ1) is 20.3. The minimum absolute atomic E-state index is 0.0235. The standard InChI is InChI=1S/C23H21ClN6O2/c24-16-4-1-3-15(9-16)17-6-8-29(12-20(17)28-22(31)19-10-25-13-27-19)23(32)18-5-2-7-30-14-26-11-21(18)30/h1-5,7,9-11,13-14,17,20H,6,8,12H2,(H,25,27)(H,28,31)/t17-,20+/m0/s1. The minimum Gasteiger partial charge on any atom is -0.346 e. The van der Waals surface area contributed by atoms with Gasteiger partial charge in [0.2, 0.25) is 0 Å². The zero-order chi connectivity index (χ0) is 22.1. The maximum atomic E-state index is 13.4. The van der Waals surface area contributed by atoms with Gasteiger partial charge in [-0.2, -0.15) is 0 Å². The molecule has 0 unspecified atom stereocenters. The molecule has 4 heterocycles. The lowest BCUT2D eigenvalue weighted by molar-refractivity contribution is 0.0656. The number of nitrogens with one attached hydrogen (secondary N) is 2. The van der Waals surface area contributed by atoms with E-state index in [1.807, 2.05) is 40.9 Å². The van der Waals surface area contributed by atoms with E-state index in [9.17, 15) is 9.59 Å². The summed E-state index contributed by atoms with van der Waals surface area (Å²) in [4.78, 5) is 38.9. The molecule has 1 fully saturated rings. The molecule has 2 atom stereocenters. The van der Waals surface area contributed by atoms with Crippen LogP contribution in [-0.2, 0) is 0 Å². The van der Waals surface area contributed by atoms with Crippen molar-refractivity contribution in [3.05, 3.63) is 89.5 Å². The van der Waals surface area contributed by atoms with Gasteiger partial charge in [0.05, 0.1) is 42.2 Å². The van der Waals surface area contributed by atoms with Crippen molar-refractivity contribution in [3.63, 3.8) is 0 Å². The van der Waals surface area contributed by atoms with Gasteiger partial charge in [0.25, 0.3) is 11.8 Å². The van der Waals surface area contributed by atoms with Crippen molar-refractivity contribution >= 4 is 28.9 Å². The number of halogens is 1. The summed E-state index contributed by atoms with van der Waals surface area (Å²) in [5.74, 6) is -0.316. The summed E-state index contributed by atoms with van der Waals surface area (Å²) in [6.45, 7) is 0.951. The fourth-order valence-electron chi connectivity index (χ4n) is 4.35. The van der Waals surface area contributed by atoms with Crippen LogP contribution in [-0.4, -0.2) is 55.2 Å². The van der Waals surface area contributed by atoms with Gasteiger partial charge in [-0.05, 0) is 36.2 Å². The smallest absolute Gasteiger partial charge is 0.269 e. The van der Waals surface area contributed by atoms with Gasteiger partial charge >= 0.3 is 0 Å². The Bertz CT molecular complexity index is 1270. The average Bonchev–Trinajstić information content (AvgIpc) is 3.50. The lowest BCUT2D eigenvalue weighted by Crippen LogP contribution is -2.53. The molecule has 3 aromatic heterocycles. The fraction of sp³-hybridized carbons (Fsp3) is 0.217. The normalized spacial score (nSPS) is 18.6. The van der Waals surface area contributed by atoms with Crippen LogP contribution in [0.3, 0.4) is 0 Å². The highest BCUT2D eigenvalue weighted by Gasteiger charge is 2.34. The second-order valence-corrected chi connectivity index (χ2v) is 8.29. The third kappa shape index (κ3) is 3.85. The maximum Gasteiger partial charge on any atom is 0.269 e. The van der Waals surface area contributed by atoms with Crippen LogP contribution in [0.25, 0.3) is 5.52 Å². The van der Waals surface area contributed by atoms with E-state index in [0.717, 1.165) is 11.1 Å². The number of piperidine rings is 1. The molecule has 1 aromatic carbocycles. The number of aromatic nitrogens is 4. The Labute approximate surface area is 189 Å². The van der Waals surface area contributed by atoms with Gasteiger partial charge in [0.15, 0.2) is 0 Å². The Kier molecular flexibility index (Phi) is 5.36. The number of hydrogen-bond donors (Lipinski definition) is 2. The number of rotatable bonds is 4. The van der Waals surface area contributed by atoms with Gasteiger partial charge in [-0.3, -0.25) is 9.59 Å². The number of amides is 2. The number of imidazole rings is 2. The van der Waals surface area contributed by atoms with E-state index in [0.29, 0.717) is 35.8 Å². The predicted molar refractivity (Wildman–Crippen MR) is 120 cm³/mol. The average molecular weight is 449 g/mol. The number of hydrogen-bond acceptors (Lipinski definition) is 4. The summed E-state index contributed by atoms with van der Waals surface area (Å²) >= 11 is 6.23. The number of likely N-dealkylation sites (tertiary alicyclic amines) is 1. The molecule has 1 saturated heterocycles. The van der Waals surface area contributed by atoms with Gasteiger partial charge in [-0.1, -0.05) is 23.7 Å². The third-order valence-electron chi connectivity index (χ3n) is 5.92. The molecule has 5 rings (SSSR count). The van der Waals surface area contributed by atoms with Crippen molar-refractivity contribution in [1.82, 2.24) is 29.6 Å². The molecule has 1 aliphatic rings. The van der Waals surface area contributed by atoms with Crippen molar-refractivity contribution in [3.8, 4) is 0 Å². The van der Waals surface area contributed by atoms with E-state index < -0.39 is 0 Å². The molecule has 4 aromatic rings. The van der Waals surface area contributed by atoms with E-state index >= 15 is 0 Å². The van der Waals surface area contributed by atoms with Crippen LogP contribution in [0.2, 0.25) is 5.02 Å². The predicted octanol–water partition coefficient (Wildman–Crippen LogP) is 3.14. The van der Waals surface area contributed by atoms with Crippen molar-refractivity contribution in [2.45, 2.75) is 18.4 Å². The summed E-state index contributed by atoms with van der Waals surface area (Å²) in [7, 11) is 0. The van der Waals surface area contributed by atoms with Gasteiger partial charge < -0.3 is 19.6 Å². The second-order valence-electron chi connectivity index (χ2n) is 7.85. The zero-order valence-corrected chi connectivity index (χ0v) is 17.9. The Morgan fingerprint density at radius 1 is 1.16 bits per heavy atom. The molecular weight excluding hydrogens is 428 g/mol. The number of carbonyl (C=O) groups excluding carboxylic acids is 2. The Hall–Kier alpha value is -3.65. The van der Waals surface area contributed by atoms with Crippen molar-refractivity contribution in [2.24, 2.45) is 0 Å². The fourth-order valence-corrected chi connectivity index (χ4v) is 4.54. The van der Waals surface area contributed by atoms with Crippen LogP contribution in [0, 0.1) is 0 Å². The molecule has 2 N–H and O–H groups in total. The number of fused-ring (bicyclic) bond motifs is 1. The minimum atomic E-state index is -0.286. The molecule has 162 valence electrons. The summed E-state index contributed by atoms with van der Waals surface area (Å²) < 4.78 is 1.82. The van der Waals surface area contributed by atoms with Crippen molar-refractivity contribution < 1.29 is 9.59 Å². The quantitative estimate of drug-likeness (QED) is 0.501. The molecule has 8 nitrogen and oxygen atoms in total. The van der Waals surface area contributed by atoms with E-state index in [-0.39, 0.29) is 23.8 Å². The lowest BCUT2D eigenvalue weighted by atomic mass is 9.85. The summed E-state index contributed by atoms with van der Waals surface area (Å²) in [5.41, 5.74) is 2.76. The van der Waals surface area contributed by atoms with E-state index in [2.05, 4.69) is 20.3 Å². The number of pyridine rings is 1. The Morgan fingerprint density at radius 3 is 2.88 bits per heavy atom. The van der Waals surface area contributed by atoms with Gasteiger partial charge in [-0.15, -0.1) is 0 Å². The lowest BCUT2D eigenvalue weighted by Gasteiger charge is -2.39. The molecule has 0 aliphatic carbocycles. The largest absolute Gasteiger partial charge is 0.346 e. The first-order chi connectivity index (χ1) is 15.6. The van der Waals surface area contributed by atoms with E-state index in [1.165, 1.54) is 12.5 Å². The molecule has 0 bridgehead atoms. The highest BCUT2D eigenvalue weighted by atomic mass is 35.5. The number of nitrogens with zero attached hydrogens (tertiary/aromatic N) is 4. The SMILES string of the molecule is O=C(N[C@@H]1CN(C(=O)c2cccn3cncc23)CC[C@H]1c1cccc(Cl)c1)c1cnc[nH]1. The first-order valence-corrected chi connectivity index (χ1v) is 10.7. The second kappa shape index (κ2) is 8.47. The molecular formula is C23H21ClN6O2. The van der Waals surface area contributed by atoms with Gasteiger partial charge in [0.1, 0.15) is 5.69 Å². The summed E-state index contributed by atoms with van der Waals surface area (Å²) in [6, 6.07) is 11.0. The van der Waals surface area contributed by atoms with Crippen molar-refractivity contribution in [2.75, 3.05) is 13.1 Å². The highest BCUT2D eigenvalue weighted by Crippen LogP contribution is 2.31. The number of H-pyrrole nitrogens is 1. The van der Waals surface area contributed by atoms with Crippen LogP contribution >= 0.6 is 11.6 Å². The van der Waals surface area contributed by atoms with Gasteiger partial charge in [0, 0.05) is 30.2 Å². The molecule has 0 saturated carbocycles. The third-order valence-corrected chi connectivity index (χ3v) is 6.15. The zero-order valence-electron chi connectivity index (χ0n) is 17.1. The number of aromatic amines is 1.